The van der Waals surface area contributed by atoms with Crippen molar-refractivity contribution in [1.29, 1.82) is 0 Å². The molecule has 0 aromatic heterocycles. The van der Waals surface area contributed by atoms with E-state index < -0.39 is 23.4 Å². The van der Waals surface area contributed by atoms with Gasteiger partial charge in [-0.2, -0.15) is 0 Å². The van der Waals surface area contributed by atoms with Gasteiger partial charge in [0.2, 0.25) is 0 Å². The van der Waals surface area contributed by atoms with Gasteiger partial charge in [-0.3, -0.25) is 9.59 Å². The number of carbonyl (C=O) groups excluding carboxylic acids is 2. The van der Waals surface area contributed by atoms with Gasteiger partial charge in [-0.1, -0.05) is 46.3 Å². The molecule has 0 amide bonds. The predicted octanol–water partition coefficient (Wildman–Crippen LogP) is 2.32. The summed E-state index contributed by atoms with van der Waals surface area (Å²) in [5.41, 5.74) is -0.349. The highest BCUT2D eigenvalue weighted by molar-refractivity contribution is 9.11. The van der Waals surface area contributed by atoms with Gasteiger partial charge in [-0.25, -0.2) is 0 Å². The number of hydrogen-bond donors (Lipinski definition) is 0. The SMILES string of the molecule is COC(=O)[C@H]1C[C@@H]2OC(=O)[C@@]1(c1ccccc1)C=C2Br. The lowest BCUT2D eigenvalue weighted by Gasteiger charge is -2.46. The van der Waals surface area contributed by atoms with Crippen molar-refractivity contribution in [3.8, 4) is 0 Å². The molecule has 2 bridgehead atoms. The van der Waals surface area contributed by atoms with Crippen LogP contribution < -0.4 is 0 Å². The standard InChI is InChI=1S/C15H13BrO4/c1-19-13(17)10-7-12-11(16)8-15(10,14(18)20-12)9-5-3-2-4-6-9/h2-6,8,10,12H,7H2,1H3/t10-,12+,15-/m1/s1. The number of hydrogen-bond acceptors (Lipinski definition) is 4. The van der Waals surface area contributed by atoms with E-state index >= 15 is 0 Å². The highest BCUT2D eigenvalue weighted by atomic mass is 79.9. The second-order valence-electron chi connectivity index (χ2n) is 4.97. The molecule has 0 spiro atoms. The Bertz CT molecular complexity index is 595. The van der Waals surface area contributed by atoms with Crippen LogP contribution >= 0.6 is 15.9 Å². The molecule has 1 saturated heterocycles. The van der Waals surface area contributed by atoms with Crippen LogP contribution in [-0.2, 0) is 24.5 Å². The van der Waals surface area contributed by atoms with Gasteiger partial charge in [0.25, 0.3) is 0 Å². The molecule has 1 aromatic carbocycles. The Morgan fingerprint density at radius 2 is 2.10 bits per heavy atom. The van der Waals surface area contributed by atoms with Crippen LogP contribution in [0.1, 0.15) is 12.0 Å². The lowest BCUT2D eigenvalue weighted by atomic mass is 9.63. The summed E-state index contributed by atoms with van der Waals surface area (Å²) < 4.78 is 11.1. The van der Waals surface area contributed by atoms with Gasteiger partial charge in [0, 0.05) is 10.9 Å². The first kappa shape index (κ1) is 13.4. The van der Waals surface area contributed by atoms with Crippen LogP contribution in [0.5, 0.6) is 0 Å². The zero-order valence-corrected chi connectivity index (χ0v) is 12.4. The van der Waals surface area contributed by atoms with Crippen LogP contribution in [0.15, 0.2) is 40.9 Å². The summed E-state index contributed by atoms with van der Waals surface area (Å²) in [6.45, 7) is 0. The fourth-order valence-electron chi connectivity index (χ4n) is 3.00. The minimum absolute atomic E-state index is 0.383. The Labute approximate surface area is 124 Å². The van der Waals surface area contributed by atoms with Crippen molar-refractivity contribution >= 4 is 27.9 Å². The molecule has 3 aliphatic rings. The number of carbonyl (C=O) groups is 2. The summed E-state index contributed by atoms with van der Waals surface area (Å²) in [6.07, 6.45) is 1.84. The fourth-order valence-corrected chi connectivity index (χ4v) is 3.64. The van der Waals surface area contributed by atoms with Gasteiger partial charge < -0.3 is 9.47 Å². The quantitative estimate of drug-likeness (QED) is 0.778. The molecular weight excluding hydrogens is 324 g/mol. The molecule has 20 heavy (non-hydrogen) atoms. The molecule has 1 aromatic rings. The Morgan fingerprint density at radius 1 is 1.40 bits per heavy atom. The minimum atomic E-state index is -1.10. The predicted molar refractivity (Wildman–Crippen MR) is 75.1 cm³/mol. The van der Waals surface area contributed by atoms with Gasteiger partial charge in [-0.05, 0) is 11.6 Å². The Kier molecular flexibility index (Phi) is 3.17. The van der Waals surface area contributed by atoms with E-state index in [1.807, 2.05) is 30.3 Å². The van der Waals surface area contributed by atoms with Crippen LogP contribution in [0.2, 0.25) is 0 Å². The molecule has 104 valence electrons. The number of esters is 2. The molecule has 0 unspecified atom stereocenters. The van der Waals surface area contributed by atoms with E-state index in [-0.39, 0.29) is 5.97 Å². The van der Waals surface area contributed by atoms with Crippen LogP contribution in [0, 0.1) is 5.92 Å². The first-order valence-electron chi connectivity index (χ1n) is 6.32. The monoisotopic (exact) mass is 336 g/mol. The van der Waals surface area contributed by atoms with Crippen LogP contribution in [-0.4, -0.2) is 25.2 Å². The Morgan fingerprint density at radius 3 is 2.75 bits per heavy atom. The normalized spacial score (nSPS) is 31.5. The summed E-state index contributed by atoms with van der Waals surface area (Å²) >= 11 is 3.44. The first-order chi connectivity index (χ1) is 9.59. The molecular formula is C15H13BrO4. The molecule has 0 radical (unpaired) electrons. The third-order valence-corrected chi connectivity index (χ3v) is 4.74. The molecule has 4 nitrogen and oxygen atoms in total. The molecule has 2 aliphatic heterocycles. The zero-order valence-electron chi connectivity index (χ0n) is 10.8. The van der Waals surface area contributed by atoms with Crippen molar-refractivity contribution in [2.45, 2.75) is 17.9 Å². The molecule has 5 heteroatoms. The van der Waals surface area contributed by atoms with Crippen molar-refractivity contribution < 1.29 is 19.1 Å². The molecule has 1 aliphatic carbocycles. The number of ether oxygens (including phenoxy) is 2. The highest BCUT2D eigenvalue weighted by Crippen LogP contribution is 2.50. The Balaban J connectivity index is 2.21. The highest BCUT2D eigenvalue weighted by Gasteiger charge is 2.59. The van der Waals surface area contributed by atoms with E-state index in [2.05, 4.69) is 15.9 Å². The molecule has 3 atom stereocenters. The van der Waals surface area contributed by atoms with Gasteiger partial charge in [0.1, 0.15) is 11.5 Å². The lowest BCUT2D eigenvalue weighted by molar-refractivity contribution is -0.173. The summed E-state index contributed by atoms with van der Waals surface area (Å²) in [7, 11) is 1.34. The smallest absolute Gasteiger partial charge is 0.322 e. The Hall–Kier alpha value is -1.62. The average Bonchev–Trinajstić information content (AvgIpc) is 2.48. The molecule has 4 rings (SSSR count). The summed E-state index contributed by atoms with van der Waals surface area (Å²) in [5, 5.41) is 0. The lowest BCUT2D eigenvalue weighted by Crippen LogP contribution is -2.56. The molecule has 0 N–H and O–H groups in total. The third kappa shape index (κ3) is 1.73. The van der Waals surface area contributed by atoms with Gasteiger partial charge in [0.15, 0.2) is 0 Å². The van der Waals surface area contributed by atoms with E-state index in [9.17, 15) is 9.59 Å². The van der Waals surface area contributed by atoms with E-state index in [0.717, 1.165) is 10.0 Å². The molecule has 1 fully saturated rings. The van der Waals surface area contributed by atoms with E-state index in [4.69, 9.17) is 9.47 Å². The van der Waals surface area contributed by atoms with Gasteiger partial charge in [-0.15, -0.1) is 0 Å². The number of halogens is 1. The van der Waals surface area contributed by atoms with Crippen molar-refractivity contribution in [2.75, 3.05) is 7.11 Å². The minimum Gasteiger partial charge on any atom is -0.469 e. The molecule has 0 saturated carbocycles. The van der Waals surface area contributed by atoms with E-state index in [0.29, 0.717) is 6.42 Å². The van der Waals surface area contributed by atoms with E-state index in [1.54, 1.807) is 6.08 Å². The third-order valence-electron chi connectivity index (χ3n) is 4.00. The number of methoxy groups -OCH3 is 1. The second kappa shape index (κ2) is 4.74. The van der Waals surface area contributed by atoms with Crippen molar-refractivity contribution in [2.24, 2.45) is 5.92 Å². The summed E-state index contributed by atoms with van der Waals surface area (Å²) in [5.74, 6) is -1.33. The van der Waals surface area contributed by atoms with E-state index in [1.165, 1.54) is 7.11 Å². The number of fused-ring (bicyclic) bond motifs is 2. The largest absolute Gasteiger partial charge is 0.469 e. The maximum absolute atomic E-state index is 12.5. The maximum atomic E-state index is 12.5. The fraction of sp³-hybridized carbons (Fsp3) is 0.333. The maximum Gasteiger partial charge on any atom is 0.322 e. The van der Waals surface area contributed by atoms with Crippen LogP contribution in [0.4, 0.5) is 0 Å². The number of rotatable bonds is 2. The topological polar surface area (TPSA) is 52.6 Å². The van der Waals surface area contributed by atoms with Crippen molar-refractivity contribution in [3.05, 3.63) is 46.5 Å². The summed E-state index contributed by atoms with van der Waals surface area (Å²) in [4.78, 5) is 24.6. The summed E-state index contributed by atoms with van der Waals surface area (Å²) in [6, 6.07) is 9.22. The van der Waals surface area contributed by atoms with Crippen molar-refractivity contribution in [3.63, 3.8) is 0 Å². The van der Waals surface area contributed by atoms with Gasteiger partial charge >= 0.3 is 11.9 Å². The van der Waals surface area contributed by atoms with Gasteiger partial charge in [0.05, 0.1) is 13.0 Å². The van der Waals surface area contributed by atoms with Crippen LogP contribution in [0.3, 0.4) is 0 Å². The number of benzene rings is 1. The van der Waals surface area contributed by atoms with Crippen molar-refractivity contribution in [1.82, 2.24) is 0 Å². The van der Waals surface area contributed by atoms with Crippen LogP contribution in [0.25, 0.3) is 0 Å². The molecule has 2 heterocycles. The first-order valence-corrected chi connectivity index (χ1v) is 7.11. The average molecular weight is 337 g/mol. The second-order valence-corrected chi connectivity index (χ2v) is 5.89. The zero-order chi connectivity index (χ0) is 14.3.